The van der Waals surface area contributed by atoms with Gasteiger partial charge in [0.15, 0.2) is 0 Å². The van der Waals surface area contributed by atoms with Crippen molar-refractivity contribution in [2.45, 2.75) is 19.3 Å². The van der Waals surface area contributed by atoms with Crippen LogP contribution in [0.4, 0.5) is 0 Å². The predicted molar refractivity (Wildman–Crippen MR) is 66.0 cm³/mol. The Hall–Kier alpha value is -2.71. The van der Waals surface area contributed by atoms with E-state index in [4.69, 9.17) is 0 Å². The Labute approximate surface area is 119 Å². The van der Waals surface area contributed by atoms with E-state index >= 15 is 0 Å². The molecular weight excluding hydrogens is 284 g/mol. The molecule has 0 radical (unpaired) electrons. The molecule has 0 unspecified atom stereocenters. The molecule has 1 aliphatic heterocycles. The SMILES string of the molecule is COC(=O)/C=C\C(=O)NCCC(=O)ON1C(=O)CCC1=O. The second kappa shape index (κ2) is 7.78. The number of imide groups is 1. The summed E-state index contributed by atoms with van der Waals surface area (Å²) >= 11 is 0. The Balaban J connectivity index is 2.26. The number of hydrogen-bond acceptors (Lipinski definition) is 7. The number of hydrogen-bond donors (Lipinski definition) is 1. The molecule has 21 heavy (non-hydrogen) atoms. The third-order valence-corrected chi connectivity index (χ3v) is 2.40. The van der Waals surface area contributed by atoms with Gasteiger partial charge in [0.25, 0.3) is 11.8 Å². The molecule has 0 spiro atoms. The monoisotopic (exact) mass is 298 g/mol. The van der Waals surface area contributed by atoms with Crippen LogP contribution in [0.1, 0.15) is 19.3 Å². The fourth-order valence-corrected chi connectivity index (χ4v) is 1.36. The van der Waals surface area contributed by atoms with E-state index in [1.807, 2.05) is 0 Å². The zero-order valence-corrected chi connectivity index (χ0v) is 11.3. The molecule has 1 rings (SSSR count). The van der Waals surface area contributed by atoms with Crippen LogP contribution in [0.25, 0.3) is 0 Å². The summed E-state index contributed by atoms with van der Waals surface area (Å²) in [6.45, 7) is -0.0700. The third kappa shape index (κ3) is 5.43. The molecule has 114 valence electrons. The van der Waals surface area contributed by atoms with Crippen molar-refractivity contribution in [3.05, 3.63) is 12.2 Å². The molecule has 0 bridgehead atoms. The summed E-state index contributed by atoms with van der Waals surface area (Å²) in [6.07, 6.45) is 1.68. The minimum Gasteiger partial charge on any atom is -0.466 e. The molecule has 1 fully saturated rings. The Morgan fingerprint density at radius 1 is 1.19 bits per heavy atom. The van der Waals surface area contributed by atoms with Crippen molar-refractivity contribution in [3.8, 4) is 0 Å². The van der Waals surface area contributed by atoms with Crippen LogP contribution >= 0.6 is 0 Å². The van der Waals surface area contributed by atoms with Gasteiger partial charge >= 0.3 is 11.9 Å². The number of esters is 1. The number of methoxy groups -OCH3 is 1. The van der Waals surface area contributed by atoms with E-state index in [0.29, 0.717) is 5.06 Å². The van der Waals surface area contributed by atoms with Crippen LogP contribution < -0.4 is 5.32 Å². The summed E-state index contributed by atoms with van der Waals surface area (Å²) in [5, 5.41) is 2.75. The lowest BCUT2D eigenvalue weighted by Crippen LogP contribution is -2.33. The number of carbonyl (C=O) groups excluding carboxylic acids is 5. The van der Waals surface area contributed by atoms with Gasteiger partial charge in [-0.1, -0.05) is 0 Å². The molecule has 9 heteroatoms. The number of nitrogens with zero attached hydrogens (tertiary/aromatic N) is 1. The number of amides is 3. The molecule has 1 heterocycles. The van der Waals surface area contributed by atoms with Crippen LogP contribution in [0, 0.1) is 0 Å². The molecule has 1 N–H and O–H groups in total. The average molecular weight is 298 g/mol. The van der Waals surface area contributed by atoms with Crippen molar-refractivity contribution in [1.82, 2.24) is 10.4 Å². The van der Waals surface area contributed by atoms with Crippen molar-refractivity contribution >= 4 is 29.7 Å². The Morgan fingerprint density at radius 3 is 2.38 bits per heavy atom. The van der Waals surface area contributed by atoms with Crippen molar-refractivity contribution in [2.24, 2.45) is 0 Å². The molecule has 0 aliphatic carbocycles. The second-order valence-corrected chi connectivity index (χ2v) is 3.94. The largest absolute Gasteiger partial charge is 0.466 e. The maximum atomic E-state index is 11.4. The van der Waals surface area contributed by atoms with Gasteiger partial charge in [0.05, 0.1) is 13.5 Å². The standard InChI is InChI=1S/C12H14N2O7/c1-20-11(18)5-2-8(15)13-7-6-12(19)21-14-9(16)3-4-10(14)17/h2,5H,3-4,6-7H2,1H3,(H,13,15)/b5-2-. The first-order valence-corrected chi connectivity index (χ1v) is 6.04. The fourth-order valence-electron chi connectivity index (χ4n) is 1.36. The maximum Gasteiger partial charge on any atom is 0.334 e. The number of carbonyl (C=O) groups is 5. The smallest absolute Gasteiger partial charge is 0.334 e. The highest BCUT2D eigenvalue weighted by Gasteiger charge is 2.32. The van der Waals surface area contributed by atoms with E-state index in [9.17, 15) is 24.0 Å². The van der Waals surface area contributed by atoms with Gasteiger partial charge in [0.2, 0.25) is 5.91 Å². The fraction of sp³-hybridized carbons (Fsp3) is 0.417. The Kier molecular flexibility index (Phi) is 6.05. The van der Waals surface area contributed by atoms with E-state index in [2.05, 4.69) is 14.9 Å². The van der Waals surface area contributed by atoms with E-state index in [1.54, 1.807) is 0 Å². The second-order valence-electron chi connectivity index (χ2n) is 3.94. The Morgan fingerprint density at radius 2 is 1.81 bits per heavy atom. The number of hydroxylamine groups is 2. The summed E-state index contributed by atoms with van der Waals surface area (Å²) in [7, 11) is 1.17. The number of nitrogens with one attached hydrogen (secondary N) is 1. The van der Waals surface area contributed by atoms with Gasteiger partial charge in [-0.25, -0.2) is 9.59 Å². The van der Waals surface area contributed by atoms with E-state index in [1.165, 1.54) is 7.11 Å². The summed E-state index contributed by atoms with van der Waals surface area (Å²) in [5.74, 6) is -3.25. The van der Waals surface area contributed by atoms with Crippen LogP contribution in [-0.4, -0.2) is 48.4 Å². The molecule has 0 atom stereocenters. The highest BCUT2D eigenvalue weighted by Crippen LogP contribution is 2.12. The van der Waals surface area contributed by atoms with Crippen molar-refractivity contribution in [3.63, 3.8) is 0 Å². The molecule has 1 aliphatic rings. The molecule has 0 aromatic rings. The minimum absolute atomic E-state index is 0.0151. The van der Waals surface area contributed by atoms with E-state index < -0.39 is 29.7 Å². The average Bonchev–Trinajstić information content (AvgIpc) is 2.76. The van der Waals surface area contributed by atoms with Gasteiger partial charge in [-0.15, -0.1) is 5.06 Å². The molecule has 1 saturated heterocycles. The maximum absolute atomic E-state index is 11.4. The van der Waals surface area contributed by atoms with Crippen molar-refractivity contribution < 1.29 is 33.5 Å². The first-order chi connectivity index (χ1) is 9.93. The lowest BCUT2D eigenvalue weighted by atomic mass is 10.4. The third-order valence-electron chi connectivity index (χ3n) is 2.40. The highest BCUT2D eigenvalue weighted by molar-refractivity contribution is 6.01. The van der Waals surface area contributed by atoms with Crippen LogP contribution in [0.5, 0.6) is 0 Å². The quantitative estimate of drug-likeness (QED) is 0.373. The van der Waals surface area contributed by atoms with Gasteiger partial charge in [0.1, 0.15) is 0 Å². The number of ether oxygens (including phenoxy) is 1. The molecule has 0 aromatic carbocycles. The van der Waals surface area contributed by atoms with Crippen LogP contribution in [-0.2, 0) is 33.5 Å². The zero-order valence-electron chi connectivity index (χ0n) is 11.3. The van der Waals surface area contributed by atoms with Gasteiger partial charge in [-0.2, -0.15) is 0 Å². The van der Waals surface area contributed by atoms with Gasteiger partial charge < -0.3 is 14.9 Å². The topological polar surface area (TPSA) is 119 Å². The van der Waals surface area contributed by atoms with E-state index in [-0.39, 0.29) is 25.8 Å². The first-order valence-electron chi connectivity index (χ1n) is 6.04. The molecule has 0 saturated carbocycles. The van der Waals surface area contributed by atoms with Crippen LogP contribution in [0.15, 0.2) is 12.2 Å². The normalized spacial score (nSPS) is 14.4. The highest BCUT2D eigenvalue weighted by atomic mass is 16.7. The minimum atomic E-state index is -0.823. The zero-order chi connectivity index (χ0) is 15.8. The van der Waals surface area contributed by atoms with Gasteiger partial charge in [0, 0.05) is 31.5 Å². The van der Waals surface area contributed by atoms with Crippen LogP contribution in [0.3, 0.4) is 0 Å². The lowest BCUT2D eigenvalue weighted by molar-refractivity contribution is -0.197. The predicted octanol–water partition coefficient (Wildman–Crippen LogP) is -1.17. The molecular formula is C12H14N2O7. The molecule has 9 nitrogen and oxygen atoms in total. The Bertz CT molecular complexity index is 482. The summed E-state index contributed by atoms with van der Waals surface area (Å²) < 4.78 is 4.29. The van der Waals surface area contributed by atoms with Crippen LogP contribution in [0.2, 0.25) is 0 Å². The van der Waals surface area contributed by atoms with E-state index in [0.717, 1.165) is 12.2 Å². The van der Waals surface area contributed by atoms with Crippen molar-refractivity contribution in [1.29, 1.82) is 0 Å². The van der Waals surface area contributed by atoms with Gasteiger partial charge in [-0.3, -0.25) is 14.4 Å². The molecule has 3 amide bonds. The molecule has 0 aromatic heterocycles. The van der Waals surface area contributed by atoms with Crippen molar-refractivity contribution in [2.75, 3.05) is 13.7 Å². The summed E-state index contributed by atoms with van der Waals surface area (Å²) in [4.78, 5) is 60.3. The first kappa shape index (κ1) is 16.3. The van der Waals surface area contributed by atoms with Gasteiger partial charge in [-0.05, 0) is 0 Å². The summed E-state index contributed by atoms with van der Waals surface area (Å²) in [5.41, 5.74) is 0. The summed E-state index contributed by atoms with van der Waals surface area (Å²) in [6, 6.07) is 0. The number of rotatable bonds is 6. The lowest BCUT2D eigenvalue weighted by Gasteiger charge is -2.12.